The molecule has 0 amide bonds. The number of pyridine rings is 1. The fourth-order valence-corrected chi connectivity index (χ4v) is 8.00. The van der Waals surface area contributed by atoms with Crippen LogP contribution in [-0.4, -0.2) is 15.9 Å². The third-order valence-electron chi connectivity index (χ3n) is 8.00. The third kappa shape index (κ3) is 6.27. The molecule has 3 nitrogen and oxygen atoms in total. The number of aliphatic hydroxyl groups is 1. The number of aliphatic hydroxyl groups excluding tert-OH is 1. The van der Waals surface area contributed by atoms with Crippen molar-refractivity contribution in [1.82, 2.24) is 4.98 Å². The summed E-state index contributed by atoms with van der Waals surface area (Å²) in [6.45, 7) is 18.8. The van der Waals surface area contributed by atoms with Gasteiger partial charge in [0.2, 0.25) is 0 Å². The SMILES string of the molecule is CC(=O)/C=C(/C)O.Cc1cc(C)c2c(C)cc(-c3[c-]ccc4c3C(C)(C)c3c-4sc4ccc(CC(C)C)cc34)nc2c1.[Ir]. The van der Waals surface area contributed by atoms with Crippen LogP contribution in [0.1, 0.15) is 74.9 Å². The van der Waals surface area contributed by atoms with E-state index in [4.69, 9.17) is 10.1 Å². The number of rotatable bonds is 4. The Kier molecular flexibility index (Phi) is 9.52. The molecule has 5 heteroatoms. The Balaban J connectivity index is 0.000000475. The average molecular weight is 767 g/mol. The van der Waals surface area contributed by atoms with Crippen LogP contribution < -0.4 is 0 Å². The summed E-state index contributed by atoms with van der Waals surface area (Å²) >= 11 is 1.94. The first-order valence-electron chi connectivity index (χ1n) is 14.7. The molecule has 5 aromatic rings. The van der Waals surface area contributed by atoms with Crippen LogP contribution in [0.25, 0.3) is 42.7 Å². The molecule has 1 N–H and O–H groups in total. The molecule has 43 heavy (non-hydrogen) atoms. The third-order valence-corrected chi connectivity index (χ3v) is 9.21. The second kappa shape index (κ2) is 12.5. The number of hydrogen-bond acceptors (Lipinski definition) is 4. The number of fused-ring (bicyclic) bond motifs is 6. The molecule has 225 valence electrons. The molecule has 2 heterocycles. The quantitative estimate of drug-likeness (QED) is 0.113. The van der Waals surface area contributed by atoms with Gasteiger partial charge in [-0.2, -0.15) is 0 Å². The molecule has 0 unspecified atom stereocenters. The van der Waals surface area contributed by atoms with E-state index in [0.29, 0.717) is 5.92 Å². The number of benzene rings is 3. The fraction of sp³-hybridized carbons (Fsp3) is 0.316. The van der Waals surface area contributed by atoms with Gasteiger partial charge in [0.15, 0.2) is 5.78 Å². The van der Waals surface area contributed by atoms with Crippen molar-refractivity contribution >= 4 is 38.1 Å². The summed E-state index contributed by atoms with van der Waals surface area (Å²) in [6.07, 6.45) is 2.28. The van der Waals surface area contributed by atoms with Gasteiger partial charge in [0.25, 0.3) is 0 Å². The Bertz CT molecular complexity index is 1890. The van der Waals surface area contributed by atoms with Gasteiger partial charge < -0.3 is 5.11 Å². The summed E-state index contributed by atoms with van der Waals surface area (Å²) < 4.78 is 1.39. The Labute approximate surface area is 273 Å². The van der Waals surface area contributed by atoms with Gasteiger partial charge in [-0.15, -0.1) is 40.7 Å². The summed E-state index contributed by atoms with van der Waals surface area (Å²) in [7, 11) is 0. The summed E-state index contributed by atoms with van der Waals surface area (Å²) in [5.41, 5.74) is 12.6. The number of ketones is 1. The molecule has 2 aromatic heterocycles. The minimum atomic E-state index is -0.125. The van der Waals surface area contributed by atoms with Crippen molar-refractivity contribution < 1.29 is 30.0 Å². The first-order valence-corrected chi connectivity index (χ1v) is 15.5. The van der Waals surface area contributed by atoms with Gasteiger partial charge in [-0.3, -0.25) is 9.78 Å². The Morgan fingerprint density at radius 3 is 2.35 bits per heavy atom. The summed E-state index contributed by atoms with van der Waals surface area (Å²) in [5, 5.41) is 11.1. The predicted molar refractivity (Wildman–Crippen MR) is 179 cm³/mol. The van der Waals surface area contributed by atoms with Gasteiger partial charge in [-0.1, -0.05) is 57.5 Å². The van der Waals surface area contributed by atoms with Crippen LogP contribution in [0.15, 0.2) is 60.4 Å². The molecule has 1 aliphatic carbocycles. The molecule has 6 rings (SSSR count). The second-order valence-corrected chi connectivity index (χ2v) is 13.7. The van der Waals surface area contributed by atoms with E-state index >= 15 is 0 Å². The van der Waals surface area contributed by atoms with Gasteiger partial charge in [0.05, 0.1) is 11.3 Å². The van der Waals surface area contributed by atoms with Crippen molar-refractivity contribution in [2.75, 3.05) is 0 Å². The Morgan fingerprint density at radius 1 is 1.02 bits per heavy atom. The van der Waals surface area contributed by atoms with Gasteiger partial charge >= 0.3 is 0 Å². The van der Waals surface area contributed by atoms with Crippen molar-refractivity contribution in [3.05, 3.63) is 99.8 Å². The van der Waals surface area contributed by atoms with Crippen molar-refractivity contribution in [2.45, 2.75) is 74.1 Å². The van der Waals surface area contributed by atoms with Crippen molar-refractivity contribution in [1.29, 1.82) is 0 Å². The number of carbonyl (C=O) groups is 1. The van der Waals surface area contributed by atoms with Crippen LogP contribution in [-0.2, 0) is 36.7 Å². The molecule has 0 aliphatic heterocycles. The normalized spacial score (nSPS) is 13.4. The maximum atomic E-state index is 10.0. The van der Waals surface area contributed by atoms with E-state index in [2.05, 4.69) is 103 Å². The van der Waals surface area contributed by atoms with E-state index in [0.717, 1.165) is 23.2 Å². The van der Waals surface area contributed by atoms with Gasteiger partial charge in [-0.25, -0.2) is 0 Å². The number of nitrogens with zero attached hydrogens (tertiary/aromatic N) is 1. The zero-order chi connectivity index (χ0) is 30.5. The predicted octanol–water partition coefficient (Wildman–Crippen LogP) is 10.4. The largest absolute Gasteiger partial charge is 0.512 e. The maximum absolute atomic E-state index is 10.0. The van der Waals surface area contributed by atoms with E-state index in [-0.39, 0.29) is 37.1 Å². The van der Waals surface area contributed by atoms with Gasteiger partial charge in [-0.05, 0) is 103 Å². The fourth-order valence-electron chi connectivity index (χ4n) is 6.63. The molecule has 0 fully saturated rings. The molecular weight excluding hydrogens is 727 g/mol. The van der Waals surface area contributed by atoms with Gasteiger partial charge in [0.1, 0.15) is 0 Å². The first kappa shape index (κ1) is 32.8. The van der Waals surface area contributed by atoms with E-state index in [1.54, 1.807) is 0 Å². The molecule has 0 saturated carbocycles. The van der Waals surface area contributed by atoms with Gasteiger partial charge in [0, 0.05) is 41.1 Å². The van der Waals surface area contributed by atoms with Crippen molar-refractivity contribution in [3.8, 4) is 21.7 Å². The first-order chi connectivity index (χ1) is 19.8. The van der Waals surface area contributed by atoms with Crippen LogP contribution in [0.2, 0.25) is 0 Å². The number of thiophene rings is 1. The van der Waals surface area contributed by atoms with E-state index < -0.39 is 0 Å². The number of aromatic nitrogens is 1. The number of aryl methyl sites for hydroxylation is 3. The zero-order valence-electron chi connectivity index (χ0n) is 26.5. The zero-order valence-corrected chi connectivity index (χ0v) is 29.7. The molecule has 3 aromatic carbocycles. The minimum absolute atomic E-state index is 0. The average Bonchev–Trinajstić information content (AvgIpc) is 3.36. The smallest absolute Gasteiger partial charge is 0.155 e. The van der Waals surface area contributed by atoms with E-state index in [9.17, 15) is 4.79 Å². The minimum Gasteiger partial charge on any atom is -0.512 e. The van der Waals surface area contributed by atoms with Crippen LogP contribution in [0.5, 0.6) is 0 Å². The van der Waals surface area contributed by atoms with E-state index in [1.807, 2.05) is 11.3 Å². The molecule has 0 spiro atoms. The standard InChI is InChI=1S/C33H32NS.C5H8O2.Ir/c1-18(2)13-22-11-12-28-25(17-22)31-32(35-28)24-10-8-9-23(30(24)33(31,6)7)26-16-21(5)29-20(4)14-19(3)15-27(29)34-26;1-4(6)3-5(2)7;/h8,10-12,14-18H,13H2,1-7H3;3,6H,1-2H3;/q-1;;/b;4-3-;. The van der Waals surface area contributed by atoms with Crippen LogP contribution >= 0.6 is 11.3 Å². The Morgan fingerprint density at radius 2 is 1.72 bits per heavy atom. The topological polar surface area (TPSA) is 50.2 Å². The van der Waals surface area contributed by atoms with Crippen LogP contribution in [0.3, 0.4) is 0 Å². The maximum Gasteiger partial charge on any atom is 0.155 e. The molecule has 0 saturated heterocycles. The molecule has 0 bridgehead atoms. The van der Waals surface area contributed by atoms with Crippen LogP contribution in [0, 0.1) is 32.8 Å². The Hall–Kier alpha value is -3.11. The molecule has 1 aliphatic rings. The van der Waals surface area contributed by atoms with E-state index in [1.165, 1.54) is 79.2 Å². The molecule has 1 radical (unpaired) electrons. The van der Waals surface area contributed by atoms with Crippen molar-refractivity contribution in [2.24, 2.45) is 5.92 Å². The molecule has 0 atom stereocenters. The van der Waals surface area contributed by atoms with Crippen LogP contribution in [0.4, 0.5) is 0 Å². The summed E-state index contributed by atoms with van der Waals surface area (Å²) in [4.78, 5) is 16.6. The summed E-state index contributed by atoms with van der Waals surface area (Å²) in [5.74, 6) is 0.590. The summed E-state index contributed by atoms with van der Waals surface area (Å²) in [6, 6.07) is 21.8. The number of carbonyl (C=O) groups excluding carboxylic acids is 1. The molecular formula is C38H40IrNO2S-. The monoisotopic (exact) mass is 767 g/mol. The van der Waals surface area contributed by atoms with Crippen molar-refractivity contribution in [3.63, 3.8) is 0 Å². The number of allylic oxidation sites excluding steroid dienone is 2. The number of hydrogen-bond donors (Lipinski definition) is 1. The second-order valence-electron chi connectivity index (χ2n) is 12.7.